The predicted molar refractivity (Wildman–Crippen MR) is 102 cm³/mol. The summed E-state index contributed by atoms with van der Waals surface area (Å²) in [4.78, 5) is 12.7. The summed E-state index contributed by atoms with van der Waals surface area (Å²) >= 11 is 0. The number of benzene rings is 2. The third kappa shape index (κ3) is 5.15. The first-order valence-corrected chi connectivity index (χ1v) is 8.86. The van der Waals surface area contributed by atoms with Crippen molar-refractivity contribution in [3.8, 4) is 17.2 Å². The van der Waals surface area contributed by atoms with Gasteiger partial charge in [0.1, 0.15) is 17.2 Å². The number of carbonyl (C=O) groups excluding carboxylic acids is 1. The van der Waals surface area contributed by atoms with Crippen molar-refractivity contribution in [3.05, 3.63) is 54.1 Å². The lowest BCUT2D eigenvalue weighted by Crippen LogP contribution is -2.39. The van der Waals surface area contributed by atoms with Crippen LogP contribution in [0.3, 0.4) is 0 Å². The molecule has 0 aliphatic heterocycles. The summed E-state index contributed by atoms with van der Waals surface area (Å²) in [6.07, 6.45) is 0.823. The molecule has 2 aromatic rings. The number of amides is 1. The van der Waals surface area contributed by atoms with E-state index in [0.717, 1.165) is 23.5 Å². The van der Waals surface area contributed by atoms with Crippen LogP contribution in [0.1, 0.15) is 38.3 Å². The largest absolute Gasteiger partial charge is 0.497 e. The molecule has 0 aliphatic carbocycles. The van der Waals surface area contributed by atoms with Gasteiger partial charge in [-0.2, -0.15) is 0 Å². The Bertz CT molecular complexity index is 682. The number of carbonyl (C=O) groups is 1. The van der Waals surface area contributed by atoms with Gasteiger partial charge in [-0.3, -0.25) is 4.79 Å². The van der Waals surface area contributed by atoms with Gasteiger partial charge in [-0.25, -0.2) is 0 Å². The zero-order chi connectivity index (χ0) is 18.9. The fourth-order valence-corrected chi connectivity index (χ4v) is 2.66. The lowest BCUT2D eigenvalue weighted by Gasteiger charge is -2.22. The summed E-state index contributed by atoms with van der Waals surface area (Å²) in [7, 11) is 3.25. The van der Waals surface area contributed by atoms with E-state index in [0.29, 0.717) is 12.2 Å². The Balaban J connectivity index is 2.03. The van der Waals surface area contributed by atoms with Gasteiger partial charge in [0.25, 0.3) is 5.91 Å². The molecule has 2 atom stereocenters. The first-order chi connectivity index (χ1) is 12.6. The molecule has 2 unspecified atom stereocenters. The number of ether oxygens (including phenoxy) is 3. The Hall–Kier alpha value is -2.69. The van der Waals surface area contributed by atoms with Crippen LogP contribution in [0.25, 0.3) is 0 Å². The lowest BCUT2D eigenvalue weighted by atomic mass is 10.0. The van der Waals surface area contributed by atoms with Crippen molar-refractivity contribution in [2.45, 2.75) is 38.8 Å². The number of methoxy groups -OCH3 is 2. The van der Waals surface area contributed by atoms with Crippen molar-refractivity contribution in [3.63, 3.8) is 0 Å². The third-order valence-electron chi connectivity index (χ3n) is 4.24. The molecule has 0 heterocycles. The van der Waals surface area contributed by atoms with Gasteiger partial charge in [0.2, 0.25) is 0 Å². The summed E-state index contributed by atoms with van der Waals surface area (Å²) in [6.45, 7) is 3.97. The quantitative estimate of drug-likeness (QED) is 0.733. The normalized spacial score (nSPS) is 12.8. The minimum Gasteiger partial charge on any atom is -0.497 e. The first kappa shape index (κ1) is 19.6. The summed E-state index contributed by atoms with van der Waals surface area (Å²) in [5, 5.41) is 3.08. The average molecular weight is 357 g/mol. The van der Waals surface area contributed by atoms with Crippen molar-refractivity contribution in [2.24, 2.45) is 0 Å². The van der Waals surface area contributed by atoms with E-state index in [4.69, 9.17) is 14.2 Å². The molecule has 0 saturated carbocycles. The minimum atomic E-state index is -0.546. The van der Waals surface area contributed by atoms with Crippen LogP contribution in [-0.4, -0.2) is 26.2 Å². The van der Waals surface area contributed by atoms with Crippen LogP contribution in [0.5, 0.6) is 17.2 Å². The molecule has 1 amide bonds. The Morgan fingerprint density at radius 2 is 1.35 bits per heavy atom. The van der Waals surface area contributed by atoms with Crippen LogP contribution >= 0.6 is 0 Å². The molecular weight excluding hydrogens is 330 g/mol. The molecule has 0 bridgehead atoms. The summed E-state index contributed by atoms with van der Waals surface area (Å²) in [5.74, 6) is 2.07. The van der Waals surface area contributed by atoms with Crippen LogP contribution in [0.2, 0.25) is 0 Å². The second-order valence-electron chi connectivity index (χ2n) is 5.93. The van der Waals surface area contributed by atoms with Crippen molar-refractivity contribution in [2.75, 3.05) is 14.2 Å². The van der Waals surface area contributed by atoms with Crippen molar-refractivity contribution in [1.29, 1.82) is 0 Å². The van der Waals surface area contributed by atoms with Crippen molar-refractivity contribution < 1.29 is 19.0 Å². The van der Waals surface area contributed by atoms with E-state index in [9.17, 15) is 4.79 Å². The van der Waals surface area contributed by atoms with Crippen LogP contribution in [0, 0.1) is 0 Å². The zero-order valence-corrected chi connectivity index (χ0v) is 15.8. The molecular formula is C21H27NO4. The smallest absolute Gasteiger partial charge is 0.261 e. The van der Waals surface area contributed by atoms with E-state index >= 15 is 0 Å². The molecule has 5 nitrogen and oxygen atoms in total. The molecule has 5 heteroatoms. The standard InChI is InChI=1S/C21H27NO4/c1-5-19(15-7-9-16(24-3)10-8-15)22-21(23)20(6-2)26-18-13-11-17(25-4)12-14-18/h7-14,19-20H,5-6H2,1-4H3,(H,22,23). The van der Waals surface area contributed by atoms with Crippen LogP contribution in [0.4, 0.5) is 0 Å². The van der Waals surface area contributed by atoms with Gasteiger partial charge in [-0.1, -0.05) is 26.0 Å². The van der Waals surface area contributed by atoms with Gasteiger partial charge in [0, 0.05) is 0 Å². The van der Waals surface area contributed by atoms with Crippen molar-refractivity contribution in [1.82, 2.24) is 5.32 Å². The van der Waals surface area contributed by atoms with Crippen molar-refractivity contribution >= 4 is 5.91 Å². The Kier molecular flexibility index (Phi) is 7.33. The molecule has 0 aliphatic rings. The highest BCUT2D eigenvalue weighted by Gasteiger charge is 2.22. The monoisotopic (exact) mass is 357 g/mol. The van der Waals surface area contributed by atoms with Crippen LogP contribution < -0.4 is 19.5 Å². The highest BCUT2D eigenvalue weighted by molar-refractivity contribution is 5.81. The van der Waals surface area contributed by atoms with Gasteiger partial charge in [0.05, 0.1) is 20.3 Å². The van der Waals surface area contributed by atoms with E-state index < -0.39 is 6.10 Å². The fourth-order valence-electron chi connectivity index (χ4n) is 2.66. The summed E-state index contributed by atoms with van der Waals surface area (Å²) in [6, 6.07) is 14.9. The van der Waals surface area contributed by atoms with E-state index in [-0.39, 0.29) is 11.9 Å². The minimum absolute atomic E-state index is 0.0677. The fraction of sp³-hybridized carbons (Fsp3) is 0.381. The van der Waals surface area contributed by atoms with Gasteiger partial charge in [-0.05, 0) is 54.8 Å². The van der Waals surface area contributed by atoms with E-state index in [1.54, 1.807) is 26.4 Å². The molecule has 140 valence electrons. The SMILES string of the molecule is CCC(Oc1ccc(OC)cc1)C(=O)NC(CC)c1ccc(OC)cc1. The van der Waals surface area contributed by atoms with E-state index in [1.165, 1.54) is 0 Å². The second-order valence-corrected chi connectivity index (χ2v) is 5.93. The Morgan fingerprint density at radius 1 is 0.846 bits per heavy atom. The molecule has 0 radical (unpaired) electrons. The Labute approximate surface area is 155 Å². The molecule has 0 saturated heterocycles. The second kappa shape index (κ2) is 9.70. The number of nitrogens with one attached hydrogen (secondary N) is 1. The first-order valence-electron chi connectivity index (χ1n) is 8.86. The molecule has 2 aromatic carbocycles. The van der Waals surface area contributed by atoms with Gasteiger partial charge < -0.3 is 19.5 Å². The Morgan fingerprint density at radius 3 is 1.81 bits per heavy atom. The molecule has 2 rings (SSSR count). The number of rotatable bonds is 9. The maximum absolute atomic E-state index is 12.7. The predicted octanol–water partition coefficient (Wildman–Crippen LogP) is 4.13. The average Bonchev–Trinajstić information content (AvgIpc) is 2.70. The topological polar surface area (TPSA) is 56.8 Å². The van der Waals surface area contributed by atoms with Crippen LogP contribution in [0.15, 0.2) is 48.5 Å². The van der Waals surface area contributed by atoms with Gasteiger partial charge in [-0.15, -0.1) is 0 Å². The number of hydrogen-bond acceptors (Lipinski definition) is 4. The van der Waals surface area contributed by atoms with Gasteiger partial charge >= 0.3 is 0 Å². The van der Waals surface area contributed by atoms with E-state index in [1.807, 2.05) is 50.2 Å². The molecule has 0 fully saturated rings. The summed E-state index contributed by atoms with van der Waals surface area (Å²) < 4.78 is 16.2. The maximum Gasteiger partial charge on any atom is 0.261 e. The molecule has 0 aromatic heterocycles. The lowest BCUT2D eigenvalue weighted by molar-refractivity contribution is -0.128. The maximum atomic E-state index is 12.7. The highest BCUT2D eigenvalue weighted by Crippen LogP contribution is 2.22. The molecule has 26 heavy (non-hydrogen) atoms. The highest BCUT2D eigenvalue weighted by atomic mass is 16.5. The van der Waals surface area contributed by atoms with Gasteiger partial charge in [0.15, 0.2) is 6.10 Å². The van der Waals surface area contributed by atoms with Crippen LogP contribution in [-0.2, 0) is 4.79 Å². The zero-order valence-electron chi connectivity index (χ0n) is 15.8. The third-order valence-corrected chi connectivity index (χ3v) is 4.24. The molecule has 1 N–H and O–H groups in total. The van der Waals surface area contributed by atoms with E-state index in [2.05, 4.69) is 5.32 Å². The number of hydrogen-bond donors (Lipinski definition) is 1. The summed E-state index contributed by atoms with van der Waals surface area (Å²) in [5.41, 5.74) is 1.04. The molecule has 0 spiro atoms.